The van der Waals surface area contributed by atoms with Gasteiger partial charge in [-0.3, -0.25) is 4.89 Å². The Labute approximate surface area is 81.8 Å². The lowest BCUT2D eigenvalue weighted by Gasteiger charge is -2.08. The fourth-order valence-electron chi connectivity index (χ4n) is 0.845. The van der Waals surface area contributed by atoms with Gasteiger partial charge >= 0.3 is 12.3 Å². The van der Waals surface area contributed by atoms with E-state index < -0.39 is 18.1 Å². The normalized spacial score (nSPS) is 10.9. The number of halogens is 3. The van der Waals surface area contributed by atoms with Crippen molar-refractivity contribution >= 4 is 5.97 Å². The van der Waals surface area contributed by atoms with Crippen LogP contribution in [0.3, 0.4) is 0 Å². The Kier molecular flexibility index (Phi) is 3.15. The Morgan fingerprint density at radius 2 is 1.73 bits per heavy atom. The molecule has 0 aliphatic heterocycles. The Morgan fingerprint density at radius 1 is 1.20 bits per heavy atom. The van der Waals surface area contributed by atoms with Crippen LogP contribution in [0.5, 0.6) is 5.75 Å². The lowest BCUT2D eigenvalue weighted by atomic mass is 10.2. The second-order valence-electron chi connectivity index (χ2n) is 2.45. The third kappa shape index (κ3) is 3.47. The molecule has 0 amide bonds. The summed E-state index contributed by atoms with van der Waals surface area (Å²) in [6.45, 7) is 0. The zero-order chi connectivity index (χ0) is 11.5. The second kappa shape index (κ2) is 4.18. The first-order valence-electron chi connectivity index (χ1n) is 3.64. The fraction of sp³-hybridized carbons (Fsp3) is 0.125. The summed E-state index contributed by atoms with van der Waals surface area (Å²) in [7, 11) is 0. The van der Waals surface area contributed by atoms with E-state index in [1.807, 2.05) is 0 Å². The molecule has 1 aromatic carbocycles. The highest BCUT2D eigenvalue weighted by atomic mass is 19.4. The Balaban J connectivity index is 2.77. The highest BCUT2D eigenvalue weighted by molar-refractivity contribution is 5.88. The summed E-state index contributed by atoms with van der Waals surface area (Å²) in [5.74, 6) is -1.52. The van der Waals surface area contributed by atoms with Crippen molar-refractivity contribution in [2.45, 2.75) is 6.36 Å². The van der Waals surface area contributed by atoms with Gasteiger partial charge in [0.15, 0.2) is 0 Å². The molecule has 1 N–H and O–H groups in total. The molecule has 0 heterocycles. The predicted octanol–water partition coefficient (Wildman–Crippen LogP) is 2.21. The van der Waals surface area contributed by atoms with Crippen LogP contribution in [0.1, 0.15) is 10.4 Å². The van der Waals surface area contributed by atoms with Gasteiger partial charge in [0, 0.05) is 0 Å². The molecule has 0 unspecified atom stereocenters. The summed E-state index contributed by atoms with van der Waals surface area (Å²) in [5, 5.41) is 7.98. The highest BCUT2D eigenvalue weighted by Crippen LogP contribution is 2.22. The van der Waals surface area contributed by atoms with Crippen molar-refractivity contribution in [2.24, 2.45) is 0 Å². The number of carbonyl (C=O) groups excluding carboxylic acids is 1. The van der Waals surface area contributed by atoms with Crippen molar-refractivity contribution in [1.29, 1.82) is 0 Å². The molecule has 0 aliphatic rings. The van der Waals surface area contributed by atoms with Gasteiger partial charge in [-0.05, 0) is 24.3 Å². The van der Waals surface area contributed by atoms with E-state index in [1.54, 1.807) is 0 Å². The van der Waals surface area contributed by atoms with Crippen LogP contribution in [0.4, 0.5) is 13.2 Å². The third-order valence-electron chi connectivity index (χ3n) is 1.41. The van der Waals surface area contributed by atoms with Gasteiger partial charge in [0.2, 0.25) is 0 Å². The topological polar surface area (TPSA) is 55.8 Å². The van der Waals surface area contributed by atoms with Crippen LogP contribution >= 0.6 is 0 Å². The molecule has 82 valence electrons. The number of hydrogen-bond donors (Lipinski definition) is 1. The molecule has 0 aromatic heterocycles. The summed E-state index contributed by atoms with van der Waals surface area (Å²) in [5.41, 5.74) is -0.0907. The van der Waals surface area contributed by atoms with Crippen LogP contribution in [-0.2, 0) is 4.89 Å². The monoisotopic (exact) mass is 222 g/mol. The lowest BCUT2D eigenvalue weighted by molar-refractivity contribution is -0.274. The maximum Gasteiger partial charge on any atom is 0.573 e. The average molecular weight is 222 g/mol. The number of hydrogen-bond acceptors (Lipinski definition) is 4. The van der Waals surface area contributed by atoms with Gasteiger partial charge in [-0.15, -0.1) is 13.2 Å². The SMILES string of the molecule is O=C(OO)c1ccc(OC(F)(F)F)cc1. The van der Waals surface area contributed by atoms with Gasteiger partial charge in [-0.25, -0.2) is 4.79 Å². The van der Waals surface area contributed by atoms with Crippen molar-refractivity contribution < 1.29 is 32.8 Å². The molecule has 1 rings (SSSR count). The molecule has 0 radical (unpaired) electrons. The van der Waals surface area contributed by atoms with E-state index in [9.17, 15) is 18.0 Å². The maximum atomic E-state index is 11.7. The molecular formula is C8H5F3O4. The minimum atomic E-state index is -4.78. The van der Waals surface area contributed by atoms with Crippen LogP contribution in [0.15, 0.2) is 24.3 Å². The second-order valence-corrected chi connectivity index (χ2v) is 2.45. The van der Waals surface area contributed by atoms with Gasteiger partial charge in [-0.1, -0.05) is 0 Å². The van der Waals surface area contributed by atoms with Crippen molar-refractivity contribution in [2.75, 3.05) is 0 Å². The van der Waals surface area contributed by atoms with Crippen LogP contribution < -0.4 is 4.74 Å². The zero-order valence-corrected chi connectivity index (χ0v) is 7.12. The third-order valence-corrected chi connectivity index (χ3v) is 1.41. The Bertz CT molecular complexity index is 344. The van der Waals surface area contributed by atoms with Gasteiger partial charge in [0.25, 0.3) is 0 Å². The molecule has 7 heteroatoms. The quantitative estimate of drug-likeness (QED) is 0.615. The summed E-state index contributed by atoms with van der Waals surface area (Å²) in [6, 6.07) is 3.92. The first-order valence-corrected chi connectivity index (χ1v) is 3.64. The summed E-state index contributed by atoms with van der Waals surface area (Å²) in [6.07, 6.45) is -4.78. The number of carbonyl (C=O) groups is 1. The number of alkyl halides is 3. The van der Waals surface area contributed by atoms with Crippen LogP contribution in [0.2, 0.25) is 0 Å². The van der Waals surface area contributed by atoms with Crippen LogP contribution in [-0.4, -0.2) is 17.6 Å². The van der Waals surface area contributed by atoms with E-state index in [-0.39, 0.29) is 5.56 Å². The predicted molar refractivity (Wildman–Crippen MR) is 41.2 cm³/mol. The smallest absolute Gasteiger partial charge is 0.406 e. The molecule has 15 heavy (non-hydrogen) atoms. The summed E-state index contributed by atoms with van der Waals surface area (Å²) < 4.78 is 38.7. The molecule has 0 atom stereocenters. The number of ether oxygens (including phenoxy) is 1. The molecule has 0 spiro atoms. The molecule has 0 saturated carbocycles. The Morgan fingerprint density at radius 3 is 2.13 bits per heavy atom. The van der Waals surface area contributed by atoms with E-state index in [0.717, 1.165) is 24.3 Å². The van der Waals surface area contributed by atoms with Crippen molar-refractivity contribution in [1.82, 2.24) is 0 Å². The van der Waals surface area contributed by atoms with Crippen molar-refractivity contribution in [3.63, 3.8) is 0 Å². The summed E-state index contributed by atoms with van der Waals surface area (Å²) in [4.78, 5) is 14.0. The largest absolute Gasteiger partial charge is 0.573 e. The van der Waals surface area contributed by atoms with Gasteiger partial charge in [-0.2, -0.15) is 5.26 Å². The first kappa shape index (κ1) is 11.3. The van der Waals surface area contributed by atoms with Crippen LogP contribution in [0.25, 0.3) is 0 Å². The number of benzene rings is 1. The minimum Gasteiger partial charge on any atom is -0.406 e. The molecule has 0 aliphatic carbocycles. The van der Waals surface area contributed by atoms with Crippen LogP contribution in [0, 0.1) is 0 Å². The molecule has 0 bridgehead atoms. The molecular weight excluding hydrogens is 217 g/mol. The lowest BCUT2D eigenvalue weighted by Crippen LogP contribution is -2.17. The minimum absolute atomic E-state index is 0.0907. The van der Waals surface area contributed by atoms with E-state index in [2.05, 4.69) is 9.62 Å². The van der Waals surface area contributed by atoms with E-state index in [0.29, 0.717) is 0 Å². The van der Waals surface area contributed by atoms with E-state index in [4.69, 9.17) is 5.26 Å². The molecule has 0 fully saturated rings. The van der Waals surface area contributed by atoms with Crippen molar-refractivity contribution in [3.8, 4) is 5.75 Å². The van der Waals surface area contributed by atoms with Crippen molar-refractivity contribution in [3.05, 3.63) is 29.8 Å². The summed E-state index contributed by atoms with van der Waals surface area (Å²) >= 11 is 0. The Hall–Kier alpha value is -1.76. The molecule has 4 nitrogen and oxygen atoms in total. The molecule has 1 aromatic rings. The maximum absolute atomic E-state index is 11.7. The first-order chi connectivity index (χ1) is 6.92. The van der Waals surface area contributed by atoms with E-state index in [1.165, 1.54) is 0 Å². The number of rotatable bonds is 2. The van der Waals surface area contributed by atoms with Gasteiger partial charge in [0.1, 0.15) is 5.75 Å². The van der Waals surface area contributed by atoms with Gasteiger partial charge < -0.3 is 4.74 Å². The zero-order valence-electron chi connectivity index (χ0n) is 7.12. The van der Waals surface area contributed by atoms with E-state index >= 15 is 0 Å². The standard InChI is InChI=1S/C8H5F3O4/c9-8(10,11)14-6-3-1-5(2-4-6)7(12)15-13/h1-4,13H. The average Bonchev–Trinajstić information content (AvgIpc) is 2.15. The molecule has 0 saturated heterocycles. The highest BCUT2D eigenvalue weighted by Gasteiger charge is 2.31. The fourth-order valence-corrected chi connectivity index (χ4v) is 0.845. The van der Waals surface area contributed by atoms with Gasteiger partial charge in [0.05, 0.1) is 5.56 Å².